The fourth-order valence-electron chi connectivity index (χ4n) is 4.78. The maximum absolute atomic E-state index is 13.3. The Balaban J connectivity index is 1.22. The zero-order valence-corrected chi connectivity index (χ0v) is 25.4. The molecule has 0 aromatic heterocycles. The van der Waals surface area contributed by atoms with Crippen LogP contribution in [0.1, 0.15) is 36.2 Å². The molecule has 9 atom stereocenters. The Labute approximate surface area is 252 Å². The standard InChI is InChI=1S/C25H32Cl2O13P2/c26-16-5-1-3-14(11-16)19-7-9-34-41(32,38-19)36-13-18(28)24-22(30)21(29)23(31)25(37-24)40-42(33)35-10-8-20(39-42)15-4-2-6-17(27)12-15/h1-6,11-12,18-25,28-32,41H,7-10,13H2/t18-,19+,20-,21+,22+,23+,24-,25-,42-/m1/s1. The Morgan fingerprint density at radius 1 is 0.952 bits per heavy atom. The first-order valence-corrected chi connectivity index (χ1v) is 17.0. The SMILES string of the molecule is O=[P@@]1(O[C@H]2O[C@H]([C@H](O)CO[PH]3(O)OCC[C@@H](c4cccc(Cl)c4)O3)[C@@H](O)[C@H](O)[C@@H]2O)OCC[C@H](c2cccc(Cl)c2)O1. The number of hydrogen-bond acceptors (Lipinski definition) is 13. The van der Waals surface area contributed by atoms with E-state index in [1.807, 2.05) is 0 Å². The fraction of sp³-hybridized carbons (Fsp3) is 0.520. The first-order chi connectivity index (χ1) is 20.0. The van der Waals surface area contributed by atoms with Crippen LogP contribution in [0.15, 0.2) is 48.5 Å². The quantitative estimate of drug-likeness (QED) is 0.258. The van der Waals surface area contributed by atoms with Crippen LogP contribution in [-0.2, 0) is 36.4 Å². The summed E-state index contributed by atoms with van der Waals surface area (Å²) in [5, 5.41) is 43.2. The number of ether oxygens (including phenoxy) is 1. The van der Waals surface area contributed by atoms with Gasteiger partial charge in [0.25, 0.3) is 0 Å². The summed E-state index contributed by atoms with van der Waals surface area (Å²) in [7, 11) is -8.63. The van der Waals surface area contributed by atoms with Crippen molar-refractivity contribution in [2.45, 2.75) is 61.9 Å². The summed E-state index contributed by atoms with van der Waals surface area (Å²) in [4.78, 5) is 10.9. The van der Waals surface area contributed by atoms with Crippen molar-refractivity contribution in [3.8, 4) is 0 Å². The predicted molar refractivity (Wildman–Crippen MR) is 150 cm³/mol. The van der Waals surface area contributed by atoms with E-state index in [0.29, 0.717) is 34.0 Å². The van der Waals surface area contributed by atoms with E-state index in [1.165, 1.54) is 0 Å². The van der Waals surface area contributed by atoms with E-state index in [4.69, 9.17) is 55.1 Å². The Kier molecular flexibility index (Phi) is 10.6. The molecule has 13 nitrogen and oxygen atoms in total. The van der Waals surface area contributed by atoms with Crippen molar-refractivity contribution in [3.63, 3.8) is 0 Å². The molecule has 2 aromatic carbocycles. The van der Waals surface area contributed by atoms with Crippen LogP contribution >= 0.6 is 39.2 Å². The third-order valence-electron chi connectivity index (χ3n) is 6.94. The van der Waals surface area contributed by atoms with E-state index < -0.39 is 71.6 Å². The van der Waals surface area contributed by atoms with Gasteiger partial charge in [0.15, 0.2) is 0 Å². The third-order valence-corrected chi connectivity index (χ3v) is 10.6. The van der Waals surface area contributed by atoms with Gasteiger partial charge in [-0.25, -0.2) is 0 Å². The van der Waals surface area contributed by atoms with Crippen molar-refractivity contribution in [2.24, 2.45) is 0 Å². The summed E-state index contributed by atoms with van der Waals surface area (Å²) in [5.41, 5.74) is 1.32. The van der Waals surface area contributed by atoms with E-state index in [0.717, 1.165) is 0 Å². The molecule has 3 fully saturated rings. The van der Waals surface area contributed by atoms with Gasteiger partial charge in [-0.15, -0.1) is 0 Å². The molecular weight excluding hydrogens is 641 g/mol. The van der Waals surface area contributed by atoms with Crippen LogP contribution in [0.5, 0.6) is 0 Å². The zero-order valence-electron chi connectivity index (χ0n) is 22.0. The van der Waals surface area contributed by atoms with Gasteiger partial charge < -0.3 is 0 Å². The first kappa shape index (κ1) is 32.6. The van der Waals surface area contributed by atoms with Gasteiger partial charge in [-0.2, -0.15) is 0 Å². The van der Waals surface area contributed by atoms with Crippen LogP contribution in [-0.4, -0.2) is 82.0 Å². The van der Waals surface area contributed by atoms with Gasteiger partial charge >= 0.3 is 224 Å². The fourth-order valence-corrected chi connectivity index (χ4v) is 8.23. The molecule has 0 spiro atoms. The Bertz CT molecular complexity index is 1280. The van der Waals surface area contributed by atoms with Gasteiger partial charge in [-0.3, -0.25) is 0 Å². The number of phosphoric ester groups is 1. The molecule has 17 heteroatoms. The van der Waals surface area contributed by atoms with Gasteiger partial charge in [-0.1, -0.05) is 17.7 Å². The normalized spacial score (nSPS) is 36.7. The predicted octanol–water partition coefficient (Wildman–Crippen LogP) is 3.36. The van der Waals surface area contributed by atoms with Crippen LogP contribution in [0.4, 0.5) is 0 Å². The molecule has 5 N–H and O–H groups in total. The van der Waals surface area contributed by atoms with E-state index in [9.17, 15) is 29.9 Å². The first-order valence-electron chi connectivity index (χ1n) is 13.1. The van der Waals surface area contributed by atoms with Gasteiger partial charge in [0.2, 0.25) is 0 Å². The zero-order chi connectivity index (χ0) is 30.1. The average molecular weight is 673 g/mol. The van der Waals surface area contributed by atoms with E-state index in [1.54, 1.807) is 48.5 Å². The Morgan fingerprint density at radius 3 is 2.26 bits per heavy atom. The van der Waals surface area contributed by atoms with Gasteiger partial charge in [0.05, 0.1) is 0 Å². The molecule has 0 aliphatic carbocycles. The van der Waals surface area contributed by atoms with Crippen molar-refractivity contribution in [3.05, 3.63) is 69.7 Å². The number of hydrogen-bond donors (Lipinski definition) is 5. The van der Waals surface area contributed by atoms with Crippen molar-refractivity contribution in [2.75, 3.05) is 19.8 Å². The third kappa shape index (κ3) is 7.70. The second kappa shape index (κ2) is 13.7. The molecule has 0 bridgehead atoms. The summed E-state index contributed by atoms with van der Waals surface area (Å²) in [5.74, 6) is 0. The summed E-state index contributed by atoms with van der Waals surface area (Å²) >= 11 is 12.1. The van der Waals surface area contributed by atoms with E-state index >= 15 is 0 Å². The molecule has 3 aliphatic rings. The summed E-state index contributed by atoms with van der Waals surface area (Å²) in [6.07, 6.45) is -11.3. The molecule has 2 aromatic rings. The molecule has 3 heterocycles. The average Bonchev–Trinajstić information content (AvgIpc) is 2.96. The summed E-state index contributed by atoms with van der Waals surface area (Å²) in [6.45, 7) is -0.587. The van der Waals surface area contributed by atoms with Crippen LogP contribution in [0.25, 0.3) is 0 Å². The summed E-state index contributed by atoms with van der Waals surface area (Å²) < 4.78 is 51.5. The number of aliphatic hydroxyl groups excluding tert-OH is 4. The van der Waals surface area contributed by atoms with Crippen LogP contribution in [0.2, 0.25) is 10.0 Å². The number of aliphatic hydroxyl groups is 4. The number of benzene rings is 2. The molecular formula is C25H32Cl2O13P2. The molecule has 0 saturated carbocycles. The molecule has 3 saturated heterocycles. The molecule has 234 valence electrons. The second-order valence-corrected chi connectivity index (χ2v) is 14.3. The number of rotatable bonds is 8. The molecule has 0 amide bonds. The van der Waals surface area contributed by atoms with Crippen molar-refractivity contribution < 1.29 is 61.8 Å². The van der Waals surface area contributed by atoms with Crippen LogP contribution in [0.3, 0.4) is 0 Å². The molecule has 0 unspecified atom stereocenters. The second-order valence-electron chi connectivity index (χ2n) is 9.97. The molecule has 5 rings (SSSR count). The topological polar surface area (TPSA) is 183 Å². The van der Waals surface area contributed by atoms with Gasteiger partial charge in [-0.05, 0) is 6.07 Å². The van der Waals surface area contributed by atoms with Crippen molar-refractivity contribution in [1.82, 2.24) is 0 Å². The van der Waals surface area contributed by atoms with Gasteiger partial charge in [0, 0.05) is 5.02 Å². The van der Waals surface area contributed by atoms with Crippen molar-refractivity contribution in [1.29, 1.82) is 0 Å². The maximum atomic E-state index is 13.3. The molecule has 3 aliphatic heterocycles. The van der Waals surface area contributed by atoms with Crippen molar-refractivity contribution >= 4 is 39.2 Å². The Morgan fingerprint density at radius 2 is 1.60 bits per heavy atom. The molecule has 0 radical (unpaired) electrons. The van der Waals surface area contributed by atoms with Gasteiger partial charge in [0.1, 0.15) is 0 Å². The minimum atomic E-state index is -4.36. The van der Waals surface area contributed by atoms with E-state index in [-0.39, 0.29) is 13.2 Å². The Hall–Kier alpha value is -0.800. The summed E-state index contributed by atoms with van der Waals surface area (Å²) in [6, 6.07) is 13.6. The van der Waals surface area contributed by atoms with Crippen LogP contribution in [0, 0.1) is 0 Å². The van der Waals surface area contributed by atoms with Crippen LogP contribution < -0.4 is 0 Å². The number of halogens is 2. The monoisotopic (exact) mass is 672 g/mol. The number of phosphoric acid groups is 1. The van der Waals surface area contributed by atoms with E-state index in [2.05, 4.69) is 0 Å². The molecule has 42 heavy (non-hydrogen) atoms. The minimum absolute atomic E-state index is 0.0261.